The number of fused-ring (bicyclic) bond motifs is 2. The highest BCUT2D eigenvalue weighted by atomic mass is 16.4. The predicted octanol–water partition coefficient (Wildman–Crippen LogP) is 0.339. The summed E-state index contributed by atoms with van der Waals surface area (Å²) < 4.78 is 0. The number of carboxylic acids is 1. The molecule has 2 aliphatic carbocycles. The van der Waals surface area contributed by atoms with Crippen LogP contribution >= 0.6 is 0 Å². The number of carbonyl (C=O) groups is 1. The van der Waals surface area contributed by atoms with Gasteiger partial charge in [0.25, 0.3) is 0 Å². The molecule has 1 saturated carbocycles. The minimum atomic E-state index is -0.893. The maximum absolute atomic E-state index is 10.3. The molecule has 2 heteroatoms. The second-order valence-corrected chi connectivity index (χ2v) is 3.62. The number of carbonyl (C=O) groups excluding carboxylic acids is 1. The Kier molecular flexibility index (Phi) is 1.48. The quantitative estimate of drug-likeness (QED) is 0.534. The molecule has 2 rings (SSSR count). The van der Waals surface area contributed by atoms with Crippen molar-refractivity contribution in [1.82, 2.24) is 0 Å². The molecule has 1 fully saturated rings. The van der Waals surface area contributed by atoms with Crippen molar-refractivity contribution < 1.29 is 9.90 Å². The zero-order valence-corrected chi connectivity index (χ0v) is 6.32. The standard InChI is InChI=1S/C9H12O2/c10-9(11)5-8-4-6-1-2-7(8)3-6/h1-2,6-8H,3-5H2,(H,10,11)/p-1/t6-,7+,8+/m0/s1. The average molecular weight is 151 g/mol. The van der Waals surface area contributed by atoms with Crippen molar-refractivity contribution >= 4 is 5.97 Å². The van der Waals surface area contributed by atoms with Crippen molar-refractivity contribution in [1.29, 1.82) is 0 Å². The summed E-state index contributed by atoms with van der Waals surface area (Å²) in [5.41, 5.74) is 0. The first kappa shape index (κ1) is 6.89. The maximum atomic E-state index is 10.3. The van der Waals surface area contributed by atoms with Crippen molar-refractivity contribution in [3.05, 3.63) is 12.2 Å². The van der Waals surface area contributed by atoms with E-state index in [1.807, 2.05) is 0 Å². The fraction of sp³-hybridized carbons (Fsp3) is 0.667. The van der Waals surface area contributed by atoms with Gasteiger partial charge >= 0.3 is 0 Å². The van der Waals surface area contributed by atoms with Gasteiger partial charge in [0.2, 0.25) is 0 Å². The van der Waals surface area contributed by atoms with Crippen molar-refractivity contribution in [2.45, 2.75) is 19.3 Å². The van der Waals surface area contributed by atoms with Crippen LogP contribution in [0, 0.1) is 17.8 Å². The van der Waals surface area contributed by atoms with Gasteiger partial charge < -0.3 is 9.90 Å². The van der Waals surface area contributed by atoms with Gasteiger partial charge in [-0.3, -0.25) is 0 Å². The Morgan fingerprint density at radius 3 is 2.73 bits per heavy atom. The molecule has 0 aromatic rings. The molecule has 0 saturated heterocycles. The highest BCUT2D eigenvalue weighted by molar-refractivity contribution is 5.64. The average Bonchev–Trinajstić information content (AvgIpc) is 2.45. The first-order chi connectivity index (χ1) is 5.25. The van der Waals surface area contributed by atoms with Crippen LogP contribution in [0.3, 0.4) is 0 Å². The smallest absolute Gasteiger partial charge is 0.0417 e. The third-order valence-electron chi connectivity index (χ3n) is 2.85. The molecule has 0 N–H and O–H groups in total. The van der Waals surface area contributed by atoms with Gasteiger partial charge in [-0.2, -0.15) is 0 Å². The summed E-state index contributed by atoms with van der Waals surface area (Å²) in [6.07, 6.45) is 6.89. The van der Waals surface area contributed by atoms with E-state index in [1.54, 1.807) is 0 Å². The number of aliphatic carboxylic acids is 1. The first-order valence-corrected chi connectivity index (χ1v) is 4.14. The summed E-state index contributed by atoms with van der Waals surface area (Å²) in [6.45, 7) is 0. The summed E-state index contributed by atoms with van der Waals surface area (Å²) in [5.74, 6) is 0.688. The fourth-order valence-electron chi connectivity index (χ4n) is 2.34. The molecule has 2 bridgehead atoms. The Morgan fingerprint density at radius 2 is 2.27 bits per heavy atom. The van der Waals surface area contributed by atoms with Crippen molar-refractivity contribution in [2.24, 2.45) is 17.8 Å². The number of hydrogen-bond donors (Lipinski definition) is 0. The highest BCUT2D eigenvalue weighted by Gasteiger charge is 2.35. The monoisotopic (exact) mass is 151 g/mol. The van der Waals surface area contributed by atoms with Crippen LogP contribution in [-0.2, 0) is 4.79 Å². The predicted molar refractivity (Wildman–Crippen MR) is 38.5 cm³/mol. The van der Waals surface area contributed by atoms with Gasteiger partial charge in [0.05, 0.1) is 0 Å². The SMILES string of the molecule is O=C([O-])C[C@H]1C[C@H]2C=C[C@@H]1C2. The van der Waals surface area contributed by atoms with Gasteiger partial charge in [-0.25, -0.2) is 0 Å². The van der Waals surface area contributed by atoms with Gasteiger partial charge in [-0.15, -0.1) is 0 Å². The molecule has 0 unspecified atom stereocenters. The van der Waals surface area contributed by atoms with E-state index in [2.05, 4.69) is 12.2 Å². The molecule has 0 amide bonds. The van der Waals surface area contributed by atoms with Gasteiger partial charge in [0.15, 0.2) is 0 Å². The Hall–Kier alpha value is -0.790. The van der Waals surface area contributed by atoms with Crippen LogP contribution in [0.4, 0.5) is 0 Å². The van der Waals surface area contributed by atoms with E-state index in [9.17, 15) is 9.90 Å². The van der Waals surface area contributed by atoms with E-state index in [0.717, 1.165) is 6.42 Å². The molecule has 60 valence electrons. The molecule has 0 heterocycles. The number of hydrogen-bond acceptors (Lipinski definition) is 2. The lowest BCUT2D eigenvalue weighted by Gasteiger charge is -2.17. The third-order valence-corrected chi connectivity index (χ3v) is 2.85. The van der Waals surface area contributed by atoms with Crippen LogP contribution in [0.25, 0.3) is 0 Å². The van der Waals surface area contributed by atoms with Gasteiger partial charge in [0.1, 0.15) is 0 Å². The summed E-state index contributed by atoms with van der Waals surface area (Å²) in [7, 11) is 0. The molecule has 3 atom stereocenters. The van der Waals surface area contributed by atoms with E-state index in [-0.39, 0.29) is 6.42 Å². The molecule has 0 spiro atoms. The molecular weight excluding hydrogens is 140 g/mol. The number of allylic oxidation sites excluding steroid dienone is 2. The van der Waals surface area contributed by atoms with Gasteiger partial charge in [0, 0.05) is 5.97 Å². The van der Waals surface area contributed by atoms with Gasteiger partial charge in [-0.1, -0.05) is 12.2 Å². The summed E-state index contributed by atoms with van der Waals surface area (Å²) in [4.78, 5) is 10.3. The molecule has 2 aliphatic rings. The molecule has 0 aromatic heterocycles. The lowest BCUT2D eigenvalue weighted by atomic mass is 9.91. The fourth-order valence-corrected chi connectivity index (χ4v) is 2.34. The highest BCUT2D eigenvalue weighted by Crippen LogP contribution is 2.44. The van der Waals surface area contributed by atoms with Gasteiger partial charge in [-0.05, 0) is 37.0 Å². The number of rotatable bonds is 2. The van der Waals surface area contributed by atoms with E-state index in [1.165, 1.54) is 6.42 Å². The third kappa shape index (κ3) is 1.17. The molecule has 11 heavy (non-hydrogen) atoms. The molecule has 0 aliphatic heterocycles. The zero-order chi connectivity index (χ0) is 7.84. The molecule has 0 radical (unpaired) electrons. The second kappa shape index (κ2) is 2.36. The lowest BCUT2D eigenvalue weighted by molar-refractivity contribution is -0.307. The second-order valence-electron chi connectivity index (χ2n) is 3.62. The first-order valence-electron chi connectivity index (χ1n) is 4.14. The Labute approximate surface area is 65.9 Å². The summed E-state index contributed by atoms with van der Waals surface area (Å²) in [5, 5.41) is 10.3. The minimum absolute atomic E-state index is 0.255. The maximum Gasteiger partial charge on any atom is 0.0417 e. The van der Waals surface area contributed by atoms with Crippen molar-refractivity contribution in [3.63, 3.8) is 0 Å². The lowest BCUT2D eigenvalue weighted by Crippen LogP contribution is -2.26. The van der Waals surface area contributed by atoms with Crippen molar-refractivity contribution in [2.75, 3.05) is 0 Å². The van der Waals surface area contributed by atoms with Crippen LogP contribution in [0.5, 0.6) is 0 Å². The van der Waals surface area contributed by atoms with Crippen LogP contribution < -0.4 is 5.11 Å². The van der Waals surface area contributed by atoms with Crippen LogP contribution in [-0.4, -0.2) is 5.97 Å². The van der Waals surface area contributed by atoms with Crippen LogP contribution in [0.2, 0.25) is 0 Å². The topological polar surface area (TPSA) is 40.1 Å². The van der Waals surface area contributed by atoms with E-state index >= 15 is 0 Å². The number of carboxylic acid groups (broad SMARTS) is 1. The summed E-state index contributed by atoms with van der Waals surface area (Å²) in [6, 6.07) is 0. The van der Waals surface area contributed by atoms with Crippen LogP contribution in [0.15, 0.2) is 12.2 Å². The largest absolute Gasteiger partial charge is 0.550 e. The van der Waals surface area contributed by atoms with Crippen LogP contribution in [0.1, 0.15) is 19.3 Å². The Balaban J connectivity index is 1.98. The molecule has 0 aromatic carbocycles. The molecule has 2 nitrogen and oxygen atoms in total. The molecular formula is C9H11O2-. The zero-order valence-electron chi connectivity index (χ0n) is 6.32. The Bertz CT molecular complexity index is 208. The Morgan fingerprint density at radius 1 is 1.45 bits per heavy atom. The van der Waals surface area contributed by atoms with Crippen molar-refractivity contribution in [3.8, 4) is 0 Å². The van der Waals surface area contributed by atoms with E-state index in [0.29, 0.717) is 17.8 Å². The normalized spacial score (nSPS) is 39.8. The minimum Gasteiger partial charge on any atom is -0.550 e. The van der Waals surface area contributed by atoms with E-state index < -0.39 is 5.97 Å². The van der Waals surface area contributed by atoms with E-state index in [4.69, 9.17) is 0 Å². The summed E-state index contributed by atoms with van der Waals surface area (Å²) >= 11 is 0.